The van der Waals surface area contributed by atoms with Gasteiger partial charge >= 0.3 is 0 Å². The van der Waals surface area contributed by atoms with Crippen molar-refractivity contribution in [2.24, 2.45) is 5.14 Å². The Hall–Kier alpha value is -3.01. The van der Waals surface area contributed by atoms with E-state index in [0.29, 0.717) is 13.0 Å². The molecule has 0 fully saturated rings. The number of sulfonamides is 1. The van der Waals surface area contributed by atoms with Gasteiger partial charge in [0.2, 0.25) is 15.9 Å². The summed E-state index contributed by atoms with van der Waals surface area (Å²) >= 11 is 1.51. The molecule has 31 heavy (non-hydrogen) atoms. The van der Waals surface area contributed by atoms with Gasteiger partial charge in [-0.2, -0.15) is 0 Å². The minimum absolute atomic E-state index is 0.0760. The van der Waals surface area contributed by atoms with Gasteiger partial charge in [0.15, 0.2) is 4.96 Å². The number of carbonyl (C=O) groups is 1. The molecule has 0 bridgehead atoms. The number of thiazole rings is 1. The largest absolute Gasteiger partial charge is 0.355 e. The molecule has 4 rings (SSSR count). The molecule has 2 aromatic carbocycles. The Morgan fingerprint density at radius 3 is 2.52 bits per heavy atom. The lowest BCUT2D eigenvalue weighted by atomic mass is 10.1. The van der Waals surface area contributed by atoms with Crippen LogP contribution in [-0.4, -0.2) is 30.3 Å². The third-order valence-corrected chi connectivity index (χ3v) is 6.78. The van der Waals surface area contributed by atoms with Crippen molar-refractivity contribution < 1.29 is 13.2 Å². The topological polar surface area (TPSA) is 107 Å². The Balaban J connectivity index is 1.36. The molecule has 2 aromatic heterocycles. The van der Waals surface area contributed by atoms with E-state index in [-0.39, 0.29) is 17.2 Å². The zero-order chi connectivity index (χ0) is 22.0. The first-order chi connectivity index (χ1) is 14.8. The number of nitrogens with two attached hydrogens (primary N) is 1. The summed E-state index contributed by atoms with van der Waals surface area (Å²) in [5.74, 6) is -0.0774. The van der Waals surface area contributed by atoms with E-state index in [1.165, 1.54) is 29.0 Å². The summed E-state index contributed by atoms with van der Waals surface area (Å²) in [5.41, 5.74) is 4.94. The standard InChI is InChI=1S/C22H22N4O3S2/c1-15-2-6-17(7-3-15)20-13-26-18(14-30-22(26)25-20)12-21(27)24-11-10-16-4-8-19(9-5-16)31(23,28)29/h2-9,13-14H,10-12H2,1H3,(H,24,27)(H2,23,28,29). The third-order valence-electron chi connectivity index (χ3n) is 4.96. The number of hydrogen-bond donors (Lipinski definition) is 2. The van der Waals surface area contributed by atoms with E-state index in [0.717, 1.165) is 27.5 Å². The SMILES string of the molecule is Cc1ccc(-c2cn3c(CC(=O)NCCc4ccc(S(N)(=O)=O)cc4)csc3n2)cc1. The van der Waals surface area contributed by atoms with Crippen molar-refractivity contribution in [3.63, 3.8) is 0 Å². The van der Waals surface area contributed by atoms with Crippen LogP contribution in [0.15, 0.2) is 65.0 Å². The number of primary sulfonamides is 1. The smallest absolute Gasteiger partial charge is 0.238 e. The Morgan fingerprint density at radius 1 is 1.13 bits per heavy atom. The quantitative estimate of drug-likeness (QED) is 0.448. The maximum Gasteiger partial charge on any atom is 0.238 e. The molecule has 0 aliphatic heterocycles. The maximum absolute atomic E-state index is 12.4. The van der Waals surface area contributed by atoms with Gasteiger partial charge in [-0.15, -0.1) is 11.3 Å². The maximum atomic E-state index is 12.4. The molecule has 7 nitrogen and oxygen atoms in total. The van der Waals surface area contributed by atoms with Crippen molar-refractivity contribution in [3.8, 4) is 11.3 Å². The van der Waals surface area contributed by atoms with Crippen LogP contribution >= 0.6 is 11.3 Å². The third kappa shape index (κ3) is 5.01. The summed E-state index contributed by atoms with van der Waals surface area (Å²) in [7, 11) is -3.69. The van der Waals surface area contributed by atoms with Gasteiger partial charge in [-0.1, -0.05) is 42.0 Å². The lowest BCUT2D eigenvalue weighted by molar-refractivity contribution is -0.120. The first kappa shape index (κ1) is 21.2. The van der Waals surface area contributed by atoms with E-state index >= 15 is 0 Å². The van der Waals surface area contributed by atoms with Crippen molar-refractivity contribution in [2.75, 3.05) is 6.54 Å². The van der Waals surface area contributed by atoms with Gasteiger partial charge in [0.05, 0.1) is 17.0 Å². The molecule has 0 aliphatic carbocycles. The number of fused-ring (bicyclic) bond motifs is 1. The van der Waals surface area contributed by atoms with Crippen LogP contribution < -0.4 is 10.5 Å². The number of rotatable bonds is 7. The number of carbonyl (C=O) groups excluding carboxylic acids is 1. The highest BCUT2D eigenvalue weighted by molar-refractivity contribution is 7.89. The zero-order valence-electron chi connectivity index (χ0n) is 16.9. The first-order valence-electron chi connectivity index (χ1n) is 9.70. The zero-order valence-corrected chi connectivity index (χ0v) is 18.5. The number of imidazole rings is 1. The molecule has 0 saturated carbocycles. The fourth-order valence-corrected chi connectivity index (χ4v) is 4.63. The van der Waals surface area contributed by atoms with Crippen LogP contribution in [0.1, 0.15) is 16.8 Å². The average molecular weight is 455 g/mol. The van der Waals surface area contributed by atoms with Crippen LogP contribution in [-0.2, 0) is 27.7 Å². The summed E-state index contributed by atoms with van der Waals surface area (Å²) in [6.45, 7) is 2.51. The van der Waals surface area contributed by atoms with Gasteiger partial charge in [0, 0.05) is 29.4 Å². The molecule has 4 aromatic rings. The second-order valence-electron chi connectivity index (χ2n) is 7.34. The van der Waals surface area contributed by atoms with E-state index in [2.05, 4.69) is 22.4 Å². The fraction of sp³-hybridized carbons (Fsp3) is 0.182. The number of aryl methyl sites for hydroxylation is 1. The van der Waals surface area contributed by atoms with Crippen LogP contribution in [0.25, 0.3) is 16.2 Å². The predicted octanol–water partition coefficient (Wildman–Crippen LogP) is 2.92. The molecule has 9 heteroatoms. The second kappa shape index (κ2) is 8.62. The molecular formula is C22H22N4O3S2. The summed E-state index contributed by atoms with van der Waals surface area (Å²) in [5, 5.41) is 9.96. The molecule has 0 radical (unpaired) electrons. The number of nitrogens with zero attached hydrogens (tertiary/aromatic N) is 2. The van der Waals surface area contributed by atoms with E-state index in [1.54, 1.807) is 12.1 Å². The van der Waals surface area contributed by atoms with Crippen molar-refractivity contribution in [2.45, 2.75) is 24.7 Å². The van der Waals surface area contributed by atoms with Crippen LogP contribution in [0, 0.1) is 6.92 Å². The van der Waals surface area contributed by atoms with Gasteiger partial charge in [-0.25, -0.2) is 18.5 Å². The minimum atomic E-state index is -3.69. The van der Waals surface area contributed by atoms with E-state index in [9.17, 15) is 13.2 Å². The molecular weight excluding hydrogens is 432 g/mol. The van der Waals surface area contributed by atoms with Crippen molar-refractivity contribution in [1.82, 2.24) is 14.7 Å². The monoisotopic (exact) mass is 454 g/mol. The molecule has 1 amide bonds. The molecule has 2 heterocycles. The number of aromatic nitrogens is 2. The lowest BCUT2D eigenvalue weighted by Gasteiger charge is -2.06. The minimum Gasteiger partial charge on any atom is -0.355 e. The van der Waals surface area contributed by atoms with E-state index in [1.807, 2.05) is 35.0 Å². The van der Waals surface area contributed by atoms with Gasteiger partial charge in [-0.05, 0) is 31.0 Å². The number of nitrogens with one attached hydrogen (secondary N) is 1. The summed E-state index contributed by atoms with van der Waals surface area (Å²) in [4.78, 5) is 18.0. The number of benzene rings is 2. The van der Waals surface area contributed by atoms with Gasteiger partial charge in [-0.3, -0.25) is 9.20 Å². The van der Waals surface area contributed by atoms with E-state index in [4.69, 9.17) is 5.14 Å². The predicted molar refractivity (Wildman–Crippen MR) is 121 cm³/mol. The van der Waals surface area contributed by atoms with Crippen molar-refractivity contribution in [1.29, 1.82) is 0 Å². The fourth-order valence-electron chi connectivity index (χ4n) is 3.24. The average Bonchev–Trinajstić information content (AvgIpc) is 3.30. The van der Waals surface area contributed by atoms with Crippen LogP contribution in [0.5, 0.6) is 0 Å². The first-order valence-corrected chi connectivity index (χ1v) is 12.1. The second-order valence-corrected chi connectivity index (χ2v) is 9.74. The van der Waals surface area contributed by atoms with E-state index < -0.39 is 10.0 Å². The summed E-state index contributed by atoms with van der Waals surface area (Å²) in [6, 6.07) is 14.5. The van der Waals surface area contributed by atoms with Crippen LogP contribution in [0.3, 0.4) is 0 Å². The molecule has 160 valence electrons. The highest BCUT2D eigenvalue weighted by Crippen LogP contribution is 2.24. The highest BCUT2D eigenvalue weighted by Gasteiger charge is 2.13. The van der Waals surface area contributed by atoms with Crippen molar-refractivity contribution >= 4 is 32.2 Å². The van der Waals surface area contributed by atoms with Gasteiger partial charge < -0.3 is 5.32 Å². The molecule has 0 aliphatic rings. The normalized spacial score (nSPS) is 11.7. The molecule has 0 unspecified atom stereocenters. The van der Waals surface area contributed by atoms with Gasteiger partial charge in [0.1, 0.15) is 0 Å². The number of amides is 1. The molecule has 3 N–H and O–H groups in total. The lowest BCUT2D eigenvalue weighted by Crippen LogP contribution is -2.27. The Kier molecular flexibility index (Phi) is 5.90. The Bertz CT molecular complexity index is 1320. The molecule has 0 spiro atoms. The summed E-state index contributed by atoms with van der Waals surface area (Å²) < 4.78 is 24.6. The number of hydrogen-bond acceptors (Lipinski definition) is 5. The highest BCUT2D eigenvalue weighted by atomic mass is 32.2. The Labute approximate surface area is 184 Å². The van der Waals surface area contributed by atoms with Gasteiger partial charge in [0.25, 0.3) is 0 Å². The summed E-state index contributed by atoms with van der Waals surface area (Å²) in [6.07, 6.45) is 2.82. The van der Waals surface area contributed by atoms with Crippen molar-refractivity contribution in [3.05, 3.63) is 76.9 Å². The molecule has 0 atom stereocenters. The molecule has 0 saturated heterocycles. The van der Waals surface area contributed by atoms with Crippen LogP contribution in [0.4, 0.5) is 0 Å². The van der Waals surface area contributed by atoms with Crippen LogP contribution in [0.2, 0.25) is 0 Å². The Morgan fingerprint density at radius 2 is 1.84 bits per heavy atom.